The van der Waals surface area contributed by atoms with Crippen molar-refractivity contribution in [3.63, 3.8) is 0 Å². The van der Waals surface area contributed by atoms with Gasteiger partial charge in [0, 0.05) is 18.0 Å². The molecule has 7 heteroatoms. The summed E-state index contributed by atoms with van der Waals surface area (Å²) in [6, 6.07) is 2.08. The van der Waals surface area contributed by atoms with Crippen molar-refractivity contribution in [2.45, 2.75) is 26.1 Å². The summed E-state index contributed by atoms with van der Waals surface area (Å²) < 4.78 is 1.47. The molecule has 6 nitrogen and oxygen atoms in total. The summed E-state index contributed by atoms with van der Waals surface area (Å²) in [5.74, 6) is 0.0336. The van der Waals surface area contributed by atoms with Gasteiger partial charge in [-0.05, 0) is 23.4 Å². The lowest BCUT2D eigenvalue weighted by Crippen LogP contribution is -2.37. The zero-order chi connectivity index (χ0) is 13.2. The molecule has 1 aliphatic rings. The zero-order valence-corrected chi connectivity index (χ0v) is 11.1. The molecule has 0 saturated heterocycles. The van der Waals surface area contributed by atoms with E-state index in [-0.39, 0.29) is 19.1 Å². The molecule has 0 spiro atoms. The molecule has 1 amide bonds. The minimum Gasteiger partial charge on any atom is -0.390 e. The maximum atomic E-state index is 12.2. The van der Waals surface area contributed by atoms with Crippen molar-refractivity contribution in [1.29, 1.82) is 0 Å². The Hall–Kier alpha value is -1.73. The van der Waals surface area contributed by atoms with E-state index in [0.29, 0.717) is 12.2 Å². The molecule has 0 bridgehead atoms. The number of aliphatic hydroxyl groups excluding tert-OH is 1. The Balaban J connectivity index is 1.65. The van der Waals surface area contributed by atoms with Gasteiger partial charge >= 0.3 is 0 Å². The van der Waals surface area contributed by atoms with Crippen LogP contribution >= 0.6 is 11.3 Å². The molecule has 100 valence electrons. The Morgan fingerprint density at radius 3 is 3.21 bits per heavy atom. The molecular formula is C12H14N4O2S. The average molecular weight is 278 g/mol. The van der Waals surface area contributed by atoms with Crippen LogP contribution in [0.25, 0.3) is 0 Å². The van der Waals surface area contributed by atoms with E-state index < -0.39 is 0 Å². The molecule has 0 unspecified atom stereocenters. The fraction of sp³-hybridized carbons (Fsp3) is 0.417. The van der Waals surface area contributed by atoms with Crippen LogP contribution in [0, 0.1) is 0 Å². The molecule has 3 rings (SSSR count). The van der Waals surface area contributed by atoms with Crippen LogP contribution in [0.5, 0.6) is 0 Å². The third-order valence-corrected chi connectivity index (χ3v) is 4.23. The molecule has 0 atom stereocenters. The van der Waals surface area contributed by atoms with Gasteiger partial charge in [0.15, 0.2) is 0 Å². The molecule has 0 aromatic carbocycles. The van der Waals surface area contributed by atoms with Gasteiger partial charge in [-0.2, -0.15) is 0 Å². The number of hydrogen-bond donors (Lipinski definition) is 1. The summed E-state index contributed by atoms with van der Waals surface area (Å²) >= 11 is 1.76. The van der Waals surface area contributed by atoms with Crippen LogP contribution in [0.2, 0.25) is 0 Å². The molecule has 3 heterocycles. The zero-order valence-electron chi connectivity index (χ0n) is 10.3. The highest BCUT2D eigenvalue weighted by atomic mass is 32.1. The second-order valence-electron chi connectivity index (χ2n) is 4.50. The first-order chi connectivity index (χ1) is 9.26. The first-order valence-corrected chi connectivity index (χ1v) is 6.97. The van der Waals surface area contributed by atoms with E-state index in [1.54, 1.807) is 17.5 Å². The van der Waals surface area contributed by atoms with Crippen molar-refractivity contribution in [3.8, 4) is 0 Å². The monoisotopic (exact) mass is 278 g/mol. The highest BCUT2D eigenvalue weighted by molar-refractivity contribution is 7.10. The van der Waals surface area contributed by atoms with E-state index in [1.807, 2.05) is 4.90 Å². The number of aromatic nitrogens is 3. The number of hydrogen-bond acceptors (Lipinski definition) is 5. The van der Waals surface area contributed by atoms with Crippen molar-refractivity contribution < 1.29 is 9.90 Å². The van der Waals surface area contributed by atoms with Crippen LogP contribution in [0.1, 0.15) is 16.1 Å². The summed E-state index contributed by atoms with van der Waals surface area (Å²) in [5.41, 5.74) is 1.73. The van der Waals surface area contributed by atoms with E-state index in [9.17, 15) is 4.79 Å². The van der Waals surface area contributed by atoms with Crippen LogP contribution < -0.4 is 0 Å². The third kappa shape index (κ3) is 2.52. The first-order valence-electron chi connectivity index (χ1n) is 6.09. The number of thiophene rings is 1. The molecule has 0 saturated carbocycles. The second-order valence-corrected chi connectivity index (χ2v) is 5.50. The van der Waals surface area contributed by atoms with Crippen LogP contribution in [0.15, 0.2) is 17.6 Å². The fourth-order valence-corrected chi connectivity index (χ4v) is 3.08. The Labute approximate surface area is 114 Å². The van der Waals surface area contributed by atoms with Crippen molar-refractivity contribution in [1.82, 2.24) is 19.9 Å². The number of rotatable bonds is 3. The number of nitrogens with zero attached hydrogens (tertiary/aromatic N) is 4. The maximum absolute atomic E-state index is 12.2. The summed E-state index contributed by atoms with van der Waals surface area (Å²) in [6.07, 6.45) is 2.52. The second kappa shape index (κ2) is 5.10. The first kappa shape index (κ1) is 12.3. The predicted octanol–water partition coefficient (Wildman–Crippen LogP) is 0.417. The Morgan fingerprint density at radius 2 is 2.42 bits per heavy atom. The molecule has 1 N–H and O–H groups in total. The predicted molar refractivity (Wildman–Crippen MR) is 69.4 cm³/mol. The lowest BCUT2D eigenvalue weighted by molar-refractivity contribution is -0.133. The number of carbonyl (C=O) groups is 1. The lowest BCUT2D eigenvalue weighted by atomic mass is 10.1. The van der Waals surface area contributed by atoms with E-state index in [1.165, 1.54) is 15.1 Å². The summed E-state index contributed by atoms with van der Waals surface area (Å²) in [6.45, 7) is 1.45. The van der Waals surface area contributed by atoms with Gasteiger partial charge in [0.25, 0.3) is 0 Å². The Kier molecular flexibility index (Phi) is 3.31. The lowest BCUT2D eigenvalue weighted by Gasteiger charge is -2.26. The Morgan fingerprint density at radius 1 is 1.53 bits per heavy atom. The van der Waals surface area contributed by atoms with Gasteiger partial charge in [0.05, 0.1) is 12.8 Å². The third-order valence-electron chi connectivity index (χ3n) is 3.21. The van der Waals surface area contributed by atoms with Crippen LogP contribution in [0.4, 0.5) is 0 Å². The van der Waals surface area contributed by atoms with Crippen LogP contribution in [-0.4, -0.2) is 37.5 Å². The van der Waals surface area contributed by atoms with Crippen molar-refractivity contribution in [2.75, 3.05) is 6.54 Å². The summed E-state index contributed by atoms with van der Waals surface area (Å²) in [5, 5.41) is 18.6. The minimum absolute atomic E-state index is 0.0336. The molecule has 0 fully saturated rings. The topological polar surface area (TPSA) is 71.2 Å². The van der Waals surface area contributed by atoms with Crippen LogP contribution in [0.3, 0.4) is 0 Å². The molecule has 19 heavy (non-hydrogen) atoms. The van der Waals surface area contributed by atoms with Crippen molar-refractivity contribution in [2.24, 2.45) is 0 Å². The number of aliphatic hydroxyl groups is 1. The average Bonchev–Trinajstić information content (AvgIpc) is 3.05. The summed E-state index contributed by atoms with van der Waals surface area (Å²) in [4.78, 5) is 15.4. The van der Waals surface area contributed by atoms with Gasteiger partial charge in [0.1, 0.15) is 12.2 Å². The van der Waals surface area contributed by atoms with Crippen molar-refractivity contribution >= 4 is 17.2 Å². The highest BCUT2D eigenvalue weighted by Gasteiger charge is 2.21. The van der Waals surface area contributed by atoms with Gasteiger partial charge in [-0.3, -0.25) is 4.79 Å². The largest absolute Gasteiger partial charge is 0.390 e. The maximum Gasteiger partial charge on any atom is 0.244 e. The SMILES string of the molecule is O=C(Cn1cc(CO)nn1)N1CCc2sccc2C1. The van der Waals surface area contributed by atoms with E-state index in [4.69, 9.17) is 5.11 Å². The molecule has 1 aliphatic heterocycles. The normalized spacial score (nSPS) is 14.5. The number of fused-ring (bicyclic) bond motifs is 1. The number of carbonyl (C=O) groups excluding carboxylic acids is 1. The van der Waals surface area contributed by atoms with E-state index in [0.717, 1.165) is 13.0 Å². The van der Waals surface area contributed by atoms with Crippen LogP contribution in [-0.2, 0) is 30.9 Å². The van der Waals surface area contributed by atoms with Gasteiger partial charge in [-0.25, -0.2) is 4.68 Å². The molecule has 2 aromatic heterocycles. The molecule has 0 aliphatic carbocycles. The summed E-state index contributed by atoms with van der Waals surface area (Å²) in [7, 11) is 0. The molecule has 0 radical (unpaired) electrons. The highest BCUT2D eigenvalue weighted by Crippen LogP contribution is 2.24. The minimum atomic E-state index is -0.157. The van der Waals surface area contributed by atoms with Gasteiger partial charge in [-0.1, -0.05) is 5.21 Å². The standard InChI is InChI=1S/C12H14N4O2S/c17-8-10-6-16(14-13-10)7-12(18)15-3-1-11-9(5-15)2-4-19-11/h2,4,6,17H,1,3,5,7-8H2. The van der Waals surface area contributed by atoms with Gasteiger partial charge in [0.2, 0.25) is 5.91 Å². The van der Waals surface area contributed by atoms with Crippen molar-refractivity contribution in [3.05, 3.63) is 33.8 Å². The van der Waals surface area contributed by atoms with E-state index in [2.05, 4.69) is 21.8 Å². The van der Waals surface area contributed by atoms with Gasteiger partial charge in [-0.15, -0.1) is 16.4 Å². The number of amides is 1. The fourth-order valence-electron chi connectivity index (χ4n) is 2.19. The smallest absolute Gasteiger partial charge is 0.244 e. The van der Waals surface area contributed by atoms with Gasteiger partial charge < -0.3 is 10.0 Å². The molecular weight excluding hydrogens is 264 g/mol. The molecule has 2 aromatic rings. The quantitative estimate of drug-likeness (QED) is 0.883. The Bertz CT molecular complexity index is 592. The van der Waals surface area contributed by atoms with E-state index >= 15 is 0 Å².